The summed E-state index contributed by atoms with van der Waals surface area (Å²) in [7, 11) is 1.66. The number of anilines is 4. The van der Waals surface area contributed by atoms with E-state index in [1.807, 2.05) is 54.6 Å². The van der Waals surface area contributed by atoms with E-state index in [-0.39, 0.29) is 0 Å². The van der Waals surface area contributed by atoms with Crippen LogP contribution in [0.3, 0.4) is 0 Å². The van der Waals surface area contributed by atoms with Gasteiger partial charge in [-0.15, -0.1) is 0 Å². The van der Waals surface area contributed by atoms with Crippen molar-refractivity contribution in [2.75, 3.05) is 35.3 Å². The summed E-state index contributed by atoms with van der Waals surface area (Å²) in [4.78, 5) is 14.6. The number of halogens is 1. The Balaban J connectivity index is 1.50. The molecule has 0 saturated carbocycles. The zero-order valence-electron chi connectivity index (χ0n) is 20.7. The van der Waals surface area contributed by atoms with Crippen molar-refractivity contribution >= 4 is 34.6 Å². The third-order valence-corrected chi connectivity index (χ3v) is 6.80. The summed E-state index contributed by atoms with van der Waals surface area (Å²) in [5.41, 5.74) is 2.94. The molecule has 0 amide bonds. The summed E-state index contributed by atoms with van der Waals surface area (Å²) < 4.78 is 5.39. The predicted molar refractivity (Wildman–Crippen MR) is 149 cm³/mol. The fourth-order valence-corrected chi connectivity index (χ4v) is 5.11. The van der Waals surface area contributed by atoms with Gasteiger partial charge in [0.15, 0.2) is 5.82 Å². The topological polar surface area (TPSA) is 53.5 Å². The molecule has 0 aliphatic carbocycles. The van der Waals surface area contributed by atoms with E-state index in [1.165, 1.54) is 5.69 Å². The Kier molecular flexibility index (Phi) is 6.96. The Morgan fingerprint density at radius 2 is 1.58 bits per heavy atom. The van der Waals surface area contributed by atoms with Gasteiger partial charge < -0.3 is 19.9 Å². The van der Waals surface area contributed by atoms with Gasteiger partial charge in [0.05, 0.1) is 12.1 Å². The molecule has 184 valence electrons. The normalized spacial score (nSPS) is 17.7. The first-order chi connectivity index (χ1) is 17.5. The van der Waals surface area contributed by atoms with Crippen LogP contribution in [0.4, 0.5) is 23.0 Å². The first-order valence-corrected chi connectivity index (χ1v) is 12.5. The first-order valence-electron chi connectivity index (χ1n) is 12.1. The third-order valence-electron chi connectivity index (χ3n) is 6.47. The third kappa shape index (κ3) is 5.09. The molecule has 1 aromatic heterocycles. The summed E-state index contributed by atoms with van der Waals surface area (Å²) in [5, 5.41) is 4.06. The molecule has 6 nitrogen and oxygen atoms in total. The van der Waals surface area contributed by atoms with Crippen LogP contribution >= 0.6 is 11.6 Å². The van der Waals surface area contributed by atoms with Gasteiger partial charge in [-0.05, 0) is 50.2 Å². The molecule has 5 rings (SSSR count). The maximum absolute atomic E-state index is 6.55. The van der Waals surface area contributed by atoms with Crippen LogP contribution in [-0.4, -0.2) is 42.3 Å². The number of nitrogens with one attached hydrogen (secondary N) is 1. The highest BCUT2D eigenvalue weighted by atomic mass is 35.5. The molecular formula is C29H30ClN5O. The molecule has 3 aromatic carbocycles. The lowest BCUT2D eigenvalue weighted by molar-refractivity contribution is 0.415. The van der Waals surface area contributed by atoms with Crippen LogP contribution < -0.4 is 19.9 Å². The van der Waals surface area contributed by atoms with Gasteiger partial charge in [0.1, 0.15) is 17.4 Å². The number of benzene rings is 3. The van der Waals surface area contributed by atoms with Crippen LogP contribution in [0.1, 0.15) is 13.8 Å². The van der Waals surface area contributed by atoms with Gasteiger partial charge in [0, 0.05) is 54.2 Å². The first kappa shape index (κ1) is 23.9. The van der Waals surface area contributed by atoms with Gasteiger partial charge in [-0.3, -0.25) is 0 Å². The quantitative estimate of drug-likeness (QED) is 0.320. The monoisotopic (exact) mass is 499 g/mol. The molecule has 2 atom stereocenters. The molecule has 7 heteroatoms. The molecule has 1 aliphatic heterocycles. The van der Waals surface area contributed by atoms with Gasteiger partial charge in [-0.25, -0.2) is 9.97 Å². The fraction of sp³-hybridized carbons (Fsp3) is 0.241. The van der Waals surface area contributed by atoms with Crippen molar-refractivity contribution in [1.29, 1.82) is 0 Å². The molecule has 36 heavy (non-hydrogen) atoms. The number of nitrogens with zero attached hydrogens (tertiary/aromatic N) is 4. The second kappa shape index (κ2) is 10.5. The molecule has 2 heterocycles. The summed E-state index contributed by atoms with van der Waals surface area (Å²) in [5.74, 6) is 2.94. The minimum Gasteiger partial charge on any atom is -0.497 e. The van der Waals surface area contributed by atoms with Gasteiger partial charge >= 0.3 is 0 Å². The Bertz CT molecular complexity index is 1320. The average Bonchev–Trinajstić information content (AvgIpc) is 2.89. The number of para-hydroxylation sites is 1. The van der Waals surface area contributed by atoms with Gasteiger partial charge in [-0.2, -0.15) is 0 Å². The Morgan fingerprint density at radius 1 is 0.861 bits per heavy atom. The molecule has 1 fully saturated rings. The molecule has 4 aromatic rings. The second-order valence-electron chi connectivity index (χ2n) is 9.12. The number of rotatable bonds is 6. The van der Waals surface area contributed by atoms with E-state index in [4.69, 9.17) is 26.3 Å². The van der Waals surface area contributed by atoms with Gasteiger partial charge in [0.25, 0.3) is 0 Å². The minimum atomic E-state index is 0.310. The van der Waals surface area contributed by atoms with Crippen LogP contribution in [0.2, 0.25) is 5.02 Å². The van der Waals surface area contributed by atoms with Crippen molar-refractivity contribution in [3.63, 3.8) is 0 Å². The molecule has 0 bridgehead atoms. The Labute approximate surface area is 217 Å². The van der Waals surface area contributed by atoms with Crippen molar-refractivity contribution in [2.24, 2.45) is 0 Å². The number of piperazine rings is 1. The highest BCUT2D eigenvalue weighted by molar-refractivity contribution is 6.33. The number of aromatic nitrogens is 2. The van der Waals surface area contributed by atoms with Crippen molar-refractivity contribution < 1.29 is 4.74 Å². The average molecular weight is 500 g/mol. The van der Waals surface area contributed by atoms with Gasteiger partial charge in [0.2, 0.25) is 0 Å². The van der Waals surface area contributed by atoms with Crippen LogP contribution in [0.25, 0.3) is 11.4 Å². The smallest absolute Gasteiger partial charge is 0.165 e. The van der Waals surface area contributed by atoms with Crippen molar-refractivity contribution in [1.82, 2.24) is 9.97 Å². The number of methoxy groups -OCH3 is 1. The summed E-state index contributed by atoms with van der Waals surface area (Å²) in [6, 6.07) is 28.7. The molecule has 1 aliphatic rings. The van der Waals surface area contributed by atoms with Crippen LogP contribution in [0, 0.1) is 0 Å². The van der Waals surface area contributed by atoms with Crippen molar-refractivity contribution in [3.05, 3.63) is 90.0 Å². The highest BCUT2D eigenvalue weighted by Crippen LogP contribution is 2.32. The number of ether oxygens (including phenoxy) is 1. The van der Waals surface area contributed by atoms with Crippen molar-refractivity contribution in [2.45, 2.75) is 25.9 Å². The predicted octanol–water partition coefficient (Wildman–Crippen LogP) is 6.65. The molecule has 0 spiro atoms. The summed E-state index contributed by atoms with van der Waals surface area (Å²) in [6.45, 7) is 6.22. The molecule has 0 radical (unpaired) electrons. The summed E-state index contributed by atoms with van der Waals surface area (Å²) in [6.07, 6.45) is 0. The van der Waals surface area contributed by atoms with E-state index in [1.54, 1.807) is 7.11 Å². The van der Waals surface area contributed by atoms with Crippen LogP contribution in [0.5, 0.6) is 5.75 Å². The van der Waals surface area contributed by atoms with Crippen molar-refractivity contribution in [3.8, 4) is 17.1 Å². The molecule has 1 saturated heterocycles. The van der Waals surface area contributed by atoms with Crippen LogP contribution in [0.15, 0.2) is 84.9 Å². The maximum atomic E-state index is 6.55. The minimum absolute atomic E-state index is 0.310. The Hall–Kier alpha value is -3.77. The lowest BCUT2D eigenvalue weighted by Crippen LogP contribution is -2.57. The van der Waals surface area contributed by atoms with E-state index >= 15 is 0 Å². The summed E-state index contributed by atoms with van der Waals surface area (Å²) >= 11 is 6.55. The maximum Gasteiger partial charge on any atom is 0.165 e. The van der Waals surface area contributed by atoms with E-state index in [2.05, 4.69) is 59.3 Å². The van der Waals surface area contributed by atoms with E-state index < -0.39 is 0 Å². The zero-order valence-corrected chi connectivity index (χ0v) is 21.5. The van der Waals surface area contributed by atoms with E-state index in [9.17, 15) is 0 Å². The molecular weight excluding hydrogens is 470 g/mol. The number of hydrogen-bond donors (Lipinski definition) is 1. The lowest BCUT2D eigenvalue weighted by atomic mass is 10.1. The standard InChI is InChI=1S/C29H30ClN5O/c1-20-18-34(19-21(2)35(20)23-11-5-4-6-12-23)28-17-27(31-22-10-9-13-24(16-22)36-3)32-29(33-28)25-14-7-8-15-26(25)30/h4-17,20-21H,18-19H2,1-3H3,(H,31,32,33). The van der Waals surface area contributed by atoms with Crippen LogP contribution in [-0.2, 0) is 0 Å². The SMILES string of the molecule is COc1cccc(Nc2cc(N3CC(C)N(c4ccccc4)C(C)C3)nc(-c3ccccc3Cl)n2)c1. The Morgan fingerprint density at radius 3 is 2.31 bits per heavy atom. The largest absolute Gasteiger partial charge is 0.497 e. The fourth-order valence-electron chi connectivity index (χ4n) is 4.89. The second-order valence-corrected chi connectivity index (χ2v) is 9.52. The van der Waals surface area contributed by atoms with Gasteiger partial charge in [-0.1, -0.05) is 48.0 Å². The van der Waals surface area contributed by atoms with E-state index in [0.29, 0.717) is 28.7 Å². The number of hydrogen-bond acceptors (Lipinski definition) is 6. The lowest BCUT2D eigenvalue weighted by Gasteiger charge is -2.46. The molecule has 2 unspecified atom stereocenters. The highest BCUT2D eigenvalue weighted by Gasteiger charge is 2.30. The molecule has 1 N–H and O–H groups in total. The zero-order chi connectivity index (χ0) is 25.1. The van der Waals surface area contributed by atoms with E-state index in [0.717, 1.165) is 35.9 Å².